The van der Waals surface area contributed by atoms with Crippen LogP contribution in [0.3, 0.4) is 0 Å². The van der Waals surface area contributed by atoms with E-state index >= 15 is 0 Å². The van der Waals surface area contributed by atoms with Crippen LogP contribution in [0.5, 0.6) is 0 Å². The first-order valence-electron chi connectivity index (χ1n) is 3.69. The summed E-state index contributed by atoms with van der Waals surface area (Å²) in [5, 5.41) is 10.5. The minimum absolute atomic E-state index is 0.0306. The Kier molecular flexibility index (Phi) is 4.37. The first kappa shape index (κ1) is 11.3. The number of ketones is 1. The zero-order valence-electron chi connectivity index (χ0n) is 7.61. The lowest BCUT2D eigenvalue weighted by molar-refractivity contribution is -0.419. The number of hydrogen-bond donors (Lipinski definition) is 0. The first-order valence-corrected chi connectivity index (χ1v) is 3.69. The van der Waals surface area contributed by atoms with E-state index < -0.39 is 4.92 Å². The van der Waals surface area contributed by atoms with Crippen LogP contribution in [0.2, 0.25) is 0 Å². The standard InChI is InChI=1S/C9H11NO3/c1-4-6-9(10(12)13)8(5-2)7(3)11/h4-6H,2H2,1,3H3/b6-4-,9-8-. The van der Waals surface area contributed by atoms with Gasteiger partial charge in [-0.2, -0.15) is 0 Å². The quantitative estimate of drug-likeness (QED) is 0.288. The molecule has 4 heteroatoms. The Labute approximate surface area is 76.4 Å². The SMILES string of the molecule is C=C/C(C(C)=O)=C(\C=C/C)[N+](=O)[O-]. The number of Topliss-reactive ketones (excluding diaryl/α,β-unsaturated/α-hetero) is 1. The van der Waals surface area contributed by atoms with Gasteiger partial charge in [-0.3, -0.25) is 14.9 Å². The van der Waals surface area contributed by atoms with Crippen molar-refractivity contribution in [1.29, 1.82) is 0 Å². The molecular formula is C9H11NO3. The number of nitro groups is 1. The maximum atomic E-state index is 10.9. The van der Waals surface area contributed by atoms with E-state index in [0.717, 1.165) is 0 Å². The van der Waals surface area contributed by atoms with Crippen LogP contribution in [0.1, 0.15) is 13.8 Å². The van der Waals surface area contributed by atoms with Crippen LogP contribution in [0.25, 0.3) is 0 Å². The van der Waals surface area contributed by atoms with Gasteiger partial charge in [0.2, 0.25) is 0 Å². The number of carbonyl (C=O) groups excluding carboxylic acids is 1. The summed E-state index contributed by atoms with van der Waals surface area (Å²) >= 11 is 0. The van der Waals surface area contributed by atoms with Gasteiger partial charge < -0.3 is 0 Å². The van der Waals surface area contributed by atoms with Gasteiger partial charge >= 0.3 is 0 Å². The predicted octanol–water partition coefficient (Wildman–Crippen LogP) is 1.87. The Hall–Kier alpha value is -1.71. The third-order valence-electron chi connectivity index (χ3n) is 1.38. The molecule has 0 spiro atoms. The summed E-state index contributed by atoms with van der Waals surface area (Å²) in [5.41, 5.74) is -0.187. The van der Waals surface area contributed by atoms with Crippen LogP contribution in [-0.4, -0.2) is 10.7 Å². The number of allylic oxidation sites excluding steroid dienone is 4. The van der Waals surface area contributed by atoms with E-state index in [1.807, 2.05) is 0 Å². The summed E-state index contributed by atoms with van der Waals surface area (Å²) in [7, 11) is 0. The zero-order valence-corrected chi connectivity index (χ0v) is 7.61. The van der Waals surface area contributed by atoms with Crippen LogP contribution in [0, 0.1) is 10.1 Å². The zero-order chi connectivity index (χ0) is 10.4. The molecule has 0 saturated heterocycles. The van der Waals surface area contributed by atoms with Crippen molar-refractivity contribution in [1.82, 2.24) is 0 Å². The van der Waals surface area contributed by atoms with Gasteiger partial charge in [-0.25, -0.2) is 0 Å². The molecular weight excluding hydrogens is 170 g/mol. The molecule has 0 rings (SSSR count). The molecule has 0 saturated carbocycles. The summed E-state index contributed by atoms with van der Waals surface area (Å²) < 4.78 is 0. The average Bonchev–Trinajstić information content (AvgIpc) is 2.03. The van der Waals surface area contributed by atoms with E-state index in [1.54, 1.807) is 6.92 Å². The Morgan fingerprint density at radius 2 is 2.08 bits per heavy atom. The highest BCUT2D eigenvalue weighted by Gasteiger charge is 2.15. The van der Waals surface area contributed by atoms with Gasteiger partial charge in [0.1, 0.15) is 0 Å². The average molecular weight is 181 g/mol. The highest BCUT2D eigenvalue weighted by atomic mass is 16.6. The van der Waals surface area contributed by atoms with Crippen LogP contribution in [0.15, 0.2) is 36.1 Å². The lowest BCUT2D eigenvalue weighted by Crippen LogP contribution is -2.05. The number of nitrogens with zero attached hydrogens (tertiary/aromatic N) is 1. The Morgan fingerprint density at radius 3 is 2.31 bits per heavy atom. The van der Waals surface area contributed by atoms with Gasteiger partial charge in [0.15, 0.2) is 5.78 Å². The number of rotatable bonds is 4. The topological polar surface area (TPSA) is 60.2 Å². The Morgan fingerprint density at radius 1 is 1.54 bits per heavy atom. The fraction of sp³-hybridized carbons (Fsp3) is 0.222. The van der Waals surface area contributed by atoms with Crippen molar-refractivity contribution in [3.05, 3.63) is 46.2 Å². The second-order valence-electron chi connectivity index (χ2n) is 2.32. The van der Waals surface area contributed by atoms with Crippen LogP contribution >= 0.6 is 0 Å². The van der Waals surface area contributed by atoms with Crippen molar-refractivity contribution in [2.45, 2.75) is 13.8 Å². The highest BCUT2D eigenvalue weighted by molar-refractivity contribution is 5.96. The molecule has 70 valence electrons. The van der Waals surface area contributed by atoms with Gasteiger partial charge in [0.25, 0.3) is 5.70 Å². The predicted molar refractivity (Wildman–Crippen MR) is 49.7 cm³/mol. The van der Waals surface area contributed by atoms with Crippen molar-refractivity contribution >= 4 is 5.78 Å². The smallest absolute Gasteiger partial charge is 0.279 e. The van der Waals surface area contributed by atoms with Crippen molar-refractivity contribution in [3.63, 3.8) is 0 Å². The monoisotopic (exact) mass is 181 g/mol. The van der Waals surface area contributed by atoms with E-state index in [0.29, 0.717) is 0 Å². The molecule has 0 amide bonds. The molecule has 0 aromatic heterocycles. The molecule has 0 aliphatic carbocycles. The van der Waals surface area contributed by atoms with E-state index in [1.165, 1.54) is 25.2 Å². The van der Waals surface area contributed by atoms with E-state index in [9.17, 15) is 14.9 Å². The molecule has 0 atom stereocenters. The number of carbonyl (C=O) groups is 1. The summed E-state index contributed by atoms with van der Waals surface area (Å²) in [6.07, 6.45) is 3.98. The van der Waals surface area contributed by atoms with Crippen molar-refractivity contribution in [2.24, 2.45) is 0 Å². The van der Waals surface area contributed by atoms with E-state index in [2.05, 4.69) is 6.58 Å². The summed E-state index contributed by atoms with van der Waals surface area (Å²) in [5.74, 6) is -0.361. The van der Waals surface area contributed by atoms with Crippen molar-refractivity contribution in [2.75, 3.05) is 0 Å². The van der Waals surface area contributed by atoms with Crippen LogP contribution < -0.4 is 0 Å². The maximum absolute atomic E-state index is 10.9. The highest BCUT2D eigenvalue weighted by Crippen LogP contribution is 2.09. The second kappa shape index (κ2) is 5.03. The Balaban J connectivity index is 5.38. The van der Waals surface area contributed by atoms with Crippen LogP contribution in [-0.2, 0) is 4.79 Å². The molecule has 13 heavy (non-hydrogen) atoms. The third kappa shape index (κ3) is 3.02. The van der Waals surface area contributed by atoms with Gasteiger partial charge in [-0.1, -0.05) is 18.7 Å². The fourth-order valence-corrected chi connectivity index (χ4v) is 0.836. The molecule has 4 nitrogen and oxygen atoms in total. The second-order valence-corrected chi connectivity index (χ2v) is 2.32. The molecule has 0 aromatic rings. The first-order chi connectivity index (χ1) is 6.04. The molecule has 0 heterocycles. The van der Waals surface area contributed by atoms with Gasteiger partial charge in [0, 0.05) is 6.08 Å². The summed E-state index contributed by atoms with van der Waals surface area (Å²) in [6.45, 7) is 6.26. The maximum Gasteiger partial charge on any atom is 0.279 e. The van der Waals surface area contributed by atoms with Crippen LogP contribution in [0.4, 0.5) is 0 Å². The van der Waals surface area contributed by atoms with Gasteiger partial charge in [-0.05, 0) is 13.8 Å². The third-order valence-corrected chi connectivity index (χ3v) is 1.38. The van der Waals surface area contributed by atoms with Gasteiger partial charge in [0.05, 0.1) is 10.5 Å². The summed E-state index contributed by atoms with van der Waals surface area (Å²) in [4.78, 5) is 20.8. The lowest BCUT2D eigenvalue weighted by Gasteiger charge is -1.96. The minimum atomic E-state index is -0.599. The molecule has 0 N–H and O–H groups in total. The lowest BCUT2D eigenvalue weighted by atomic mass is 10.1. The van der Waals surface area contributed by atoms with Gasteiger partial charge in [-0.15, -0.1) is 0 Å². The summed E-state index contributed by atoms with van der Waals surface area (Å²) in [6, 6.07) is 0. The van der Waals surface area contributed by atoms with Crippen molar-refractivity contribution in [3.8, 4) is 0 Å². The van der Waals surface area contributed by atoms with E-state index in [-0.39, 0.29) is 17.1 Å². The van der Waals surface area contributed by atoms with Crippen molar-refractivity contribution < 1.29 is 9.72 Å². The molecule has 0 unspecified atom stereocenters. The Bertz CT molecular complexity index is 300. The fourth-order valence-electron chi connectivity index (χ4n) is 0.836. The molecule has 0 bridgehead atoms. The largest absolute Gasteiger partial charge is 0.294 e. The normalized spacial score (nSPS) is 12.5. The van der Waals surface area contributed by atoms with E-state index in [4.69, 9.17) is 0 Å². The molecule has 0 aromatic carbocycles. The molecule has 0 radical (unpaired) electrons. The molecule has 0 fully saturated rings. The molecule has 0 aliphatic heterocycles. The minimum Gasteiger partial charge on any atom is -0.294 e. The molecule has 0 aliphatic rings. The number of hydrogen-bond acceptors (Lipinski definition) is 3.